The predicted molar refractivity (Wildman–Crippen MR) is 135 cm³/mol. The Morgan fingerprint density at radius 1 is 0.600 bits per heavy atom. The number of hydrogen-bond donors (Lipinski definition) is 4. The molecule has 0 aliphatic carbocycles. The van der Waals surface area contributed by atoms with Crippen molar-refractivity contribution in [2.24, 2.45) is 0 Å². The second-order valence-corrected chi connectivity index (χ2v) is 8.25. The van der Waals surface area contributed by atoms with Crippen LogP contribution in [0.15, 0.2) is 84.9 Å². The smallest absolute Gasteiger partial charge is 0.259 e. The Bertz CT molecular complexity index is 1280. The number of benzene rings is 4. The number of rotatable bonds is 6. The van der Waals surface area contributed by atoms with E-state index in [-0.39, 0.29) is 22.6 Å². The van der Waals surface area contributed by atoms with E-state index < -0.39 is 11.8 Å². The van der Waals surface area contributed by atoms with E-state index in [0.29, 0.717) is 32.9 Å². The number of halogens is 2. The van der Waals surface area contributed by atoms with E-state index >= 15 is 0 Å². The van der Waals surface area contributed by atoms with Gasteiger partial charge in [0.15, 0.2) is 0 Å². The first-order valence-electron chi connectivity index (χ1n) is 10.3. The first kappa shape index (κ1) is 23.9. The summed E-state index contributed by atoms with van der Waals surface area (Å²) in [6.45, 7) is 0. The van der Waals surface area contributed by atoms with Crippen molar-refractivity contribution in [3.05, 3.63) is 106 Å². The number of hydrogen-bond acceptors (Lipinski definition) is 5. The number of anilines is 2. The van der Waals surface area contributed by atoms with Crippen LogP contribution in [0.5, 0.6) is 23.0 Å². The van der Waals surface area contributed by atoms with Crippen LogP contribution < -0.4 is 15.4 Å². The fraction of sp³-hybridized carbons (Fsp3) is 0. The molecular formula is C26H18Cl2N2O5. The van der Waals surface area contributed by atoms with Crippen LogP contribution in [-0.4, -0.2) is 22.0 Å². The van der Waals surface area contributed by atoms with Gasteiger partial charge < -0.3 is 25.6 Å². The number of phenols is 2. The molecule has 0 aliphatic rings. The summed E-state index contributed by atoms with van der Waals surface area (Å²) in [6, 6.07) is 21.8. The molecule has 0 aromatic heterocycles. The molecule has 4 aromatic rings. The van der Waals surface area contributed by atoms with E-state index in [1.165, 1.54) is 36.4 Å². The molecule has 0 aliphatic heterocycles. The Morgan fingerprint density at radius 3 is 1.34 bits per heavy atom. The van der Waals surface area contributed by atoms with E-state index in [1.54, 1.807) is 48.5 Å². The number of carbonyl (C=O) groups is 2. The highest BCUT2D eigenvalue weighted by Crippen LogP contribution is 2.27. The number of ether oxygens (including phenoxy) is 1. The maximum absolute atomic E-state index is 12.4. The number of carbonyl (C=O) groups excluding carboxylic acids is 2. The largest absolute Gasteiger partial charge is 0.507 e. The number of nitrogens with one attached hydrogen (secondary N) is 2. The van der Waals surface area contributed by atoms with Crippen LogP contribution in [-0.2, 0) is 0 Å². The highest BCUT2D eigenvalue weighted by atomic mass is 35.5. The maximum Gasteiger partial charge on any atom is 0.259 e. The van der Waals surface area contributed by atoms with Crippen molar-refractivity contribution in [3.63, 3.8) is 0 Å². The Labute approximate surface area is 210 Å². The van der Waals surface area contributed by atoms with Crippen molar-refractivity contribution in [3.8, 4) is 23.0 Å². The Hall–Kier alpha value is -4.20. The molecule has 0 unspecified atom stereocenters. The molecule has 9 heteroatoms. The molecule has 0 bridgehead atoms. The maximum atomic E-state index is 12.4. The summed E-state index contributed by atoms with van der Waals surface area (Å²) in [5.74, 6) is -0.292. The van der Waals surface area contributed by atoms with E-state index in [9.17, 15) is 19.8 Å². The van der Waals surface area contributed by atoms with Gasteiger partial charge in [0, 0.05) is 21.4 Å². The molecular weight excluding hydrogens is 491 g/mol. The minimum Gasteiger partial charge on any atom is -0.507 e. The van der Waals surface area contributed by atoms with E-state index in [2.05, 4.69) is 10.6 Å². The fourth-order valence-electron chi connectivity index (χ4n) is 3.13. The van der Waals surface area contributed by atoms with Crippen molar-refractivity contribution in [2.75, 3.05) is 10.6 Å². The molecule has 0 radical (unpaired) electrons. The SMILES string of the molecule is O=C(Nc1ccc(Oc2ccc(NC(=O)c3cc(Cl)ccc3O)cc2)cc1)c1cc(Cl)ccc1O. The number of phenolic OH excluding ortho intramolecular Hbond substituents is 2. The average Bonchev–Trinajstić information content (AvgIpc) is 2.84. The molecule has 7 nitrogen and oxygen atoms in total. The zero-order chi connectivity index (χ0) is 24.9. The van der Waals surface area contributed by atoms with Crippen LogP contribution >= 0.6 is 23.2 Å². The molecule has 2 amide bonds. The fourth-order valence-corrected chi connectivity index (χ4v) is 3.47. The summed E-state index contributed by atoms with van der Waals surface area (Å²) in [6.07, 6.45) is 0. The van der Waals surface area contributed by atoms with Crippen LogP contribution in [0.4, 0.5) is 11.4 Å². The Balaban J connectivity index is 1.36. The van der Waals surface area contributed by atoms with Gasteiger partial charge in [-0.25, -0.2) is 0 Å². The van der Waals surface area contributed by atoms with E-state index in [1.807, 2.05) is 0 Å². The van der Waals surface area contributed by atoms with Crippen molar-refractivity contribution in [2.45, 2.75) is 0 Å². The molecule has 0 saturated carbocycles. The summed E-state index contributed by atoms with van der Waals surface area (Å²) in [5, 5.41) is 25.8. The van der Waals surface area contributed by atoms with Crippen LogP contribution in [0.25, 0.3) is 0 Å². The summed E-state index contributed by atoms with van der Waals surface area (Å²) in [5.41, 5.74) is 1.14. The van der Waals surface area contributed by atoms with Gasteiger partial charge >= 0.3 is 0 Å². The lowest BCUT2D eigenvalue weighted by atomic mass is 10.2. The normalized spacial score (nSPS) is 10.5. The lowest BCUT2D eigenvalue weighted by Gasteiger charge is -2.10. The highest BCUT2D eigenvalue weighted by molar-refractivity contribution is 6.31. The van der Waals surface area contributed by atoms with E-state index in [4.69, 9.17) is 27.9 Å². The first-order chi connectivity index (χ1) is 16.8. The second-order valence-electron chi connectivity index (χ2n) is 7.38. The zero-order valence-electron chi connectivity index (χ0n) is 18.0. The summed E-state index contributed by atoms with van der Waals surface area (Å²) < 4.78 is 5.80. The van der Waals surface area contributed by atoms with Gasteiger partial charge in [-0.05, 0) is 84.9 Å². The predicted octanol–water partition coefficient (Wildman–Crippen LogP) is 6.70. The lowest BCUT2D eigenvalue weighted by Crippen LogP contribution is -2.12. The molecule has 0 atom stereocenters. The van der Waals surface area contributed by atoms with Gasteiger partial charge in [-0.2, -0.15) is 0 Å². The molecule has 0 fully saturated rings. The van der Waals surface area contributed by atoms with Gasteiger partial charge in [-0.3, -0.25) is 9.59 Å². The molecule has 4 N–H and O–H groups in total. The van der Waals surface area contributed by atoms with Crippen molar-refractivity contribution < 1.29 is 24.5 Å². The van der Waals surface area contributed by atoms with Crippen LogP contribution in [0.3, 0.4) is 0 Å². The molecule has 0 spiro atoms. The third-order valence-electron chi connectivity index (χ3n) is 4.87. The highest BCUT2D eigenvalue weighted by Gasteiger charge is 2.13. The quantitative estimate of drug-likeness (QED) is 0.231. The van der Waals surface area contributed by atoms with Gasteiger partial charge in [0.1, 0.15) is 23.0 Å². The monoisotopic (exact) mass is 508 g/mol. The number of aromatic hydroxyl groups is 2. The molecule has 0 heterocycles. The molecule has 4 aromatic carbocycles. The van der Waals surface area contributed by atoms with Crippen molar-refractivity contribution >= 4 is 46.4 Å². The van der Waals surface area contributed by atoms with Gasteiger partial charge in [0.2, 0.25) is 0 Å². The summed E-state index contributed by atoms with van der Waals surface area (Å²) in [7, 11) is 0. The second kappa shape index (κ2) is 10.4. The lowest BCUT2D eigenvalue weighted by molar-refractivity contribution is 0.101. The topological polar surface area (TPSA) is 108 Å². The first-order valence-corrected chi connectivity index (χ1v) is 11.0. The summed E-state index contributed by atoms with van der Waals surface area (Å²) >= 11 is 11.8. The molecule has 4 rings (SSSR count). The molecule has 35 heavy (non-hydrogen) atoms. The minimum atomic E-state index is -0.498. The van der Waals surface area contributed by atoms with Gasteiger partial charge in [0.25, 0.3) is 11.8 Å². The third kappa shape index (κ3) is 6.03. The Kier molecular flexibility index (Phi) is 7.10. The molecule has 176 valence electrons. The van der Waals surface area contributed by atoms with Gasteiger partial charge in [0.05, 0.1) is 11.1 Å². The Morgan fingerprint density at radius 2 is 0.971 bits per heavy atom. The average molecular weight is 509 g/mol. The molecule has 0 saturated heterocycles. The number of amides is 2. The van der Waals surface area contributed by atoms with Crippen molar-refractivity contribution in [1.29, 1.82) is 0 Å². The van der Waals surface area contributed by atoms with E-state index in [0.717, 1.165) is 0 Å². The summed E-state index contributed by atoms with van der Waals surface area (Å²) in [4.78, 5) is 24.8. The van der Waals surface area contributed by atoms with Crippen molar-refractivity contribution in [1.82, 2.24) is 0 Å². The van der Waals surface area contributed by atoms with Gasteiger partial charge in [-0.15, -0.1) is 0 Å². The minimum absolute atomic E-state index is 0.0654. The zero-order valence-corrected chi connectivity index (χ0v) is 19.5. The van der Waals surface area contributed by atoms with Crippen LogP contribution in [0.2, 0.25) is 10.0 Å². The van der Waals surface area contributed by atoms with Gasteiger partial charge in [-0.1, -0.05) is 23.2 Å². The van der Waals surface area contributed by atoms with Crippen LogP contribution in [0.1, 0.15) is 20.7 Å². The standard InChI is InChI=1S/C26H18Cl2N2O5/c27-15-1-11-23(31)21(13-15)25(33)29-17-3-7-19(8-4-17)35-20-9-5-18(6-10-20)30-26(34)22-14-16(28)2-12-24(22)32/h1-14,31-32H,(H,29,33)(H,30,34). The van der Waals surface area contributed by atoms with Crippen LogP contribution in [0, 0.1) is 0 Å². The third-order valence-corrected chi connectivity index (χ3v) is 5.34.